The molecule has 4 heteroatoms. The molecule has 1 fully saturated rings. The van der Waals surface area contributed by atoms with Gasteiger partial charge in [0, 0.05) is 30.1 Å². The maximum absolute atomic E-state index is 3.49. The Hall–Kier alpha value is -0.0900. The molecule has 1 heterocycles. The third-order valence-corrected chi connectivity index (χ3v) is 3.60. The fourth-order valence-corrected chi connectivity index (χ4v) is 2.30. The lowest BCUT2D eigenvalue weighted by Gasteiger charge is -2.35. The van der Waals surface area contributed by atoms with Gasteiger partial charge in [-0.3, -0.25) is 4.90 Å². The van der Waals surface area contributed by atoms with Crippen LogP contribution in [0.15, 0.2) is 22.7 Å². The van der Waals surface area contributed by atoms with Gasteiger partial charge in [-0.15, -0.1) is 12.4 Å². The standard InChI is InChI=1S/C12H17BrN2.ClH/c1-9-5-11(13)4-3-10(9)8-15(2)12-6-14-7-12;/h3-5,12,14H,6-8H2,1-2H3;1H. The van der Waals surface area contributed by atoms with Crippen LogP contribution in [0.25, 0.3) is 0 Å². The summed E-state index contributed by atoms with van der Waals surface area (Å²) in [5, 5.41) is 3.30. The first kappa shape index (κ1) is 14.0. The molecule has 0 atom stereocenters. The molecule has 0 aliphatic carbocycles. The van der Waals surface area contributed by atoms with E-state index < -0.39 is 0 Å². The van der Waals surface area contributed by atoms with E-state index in [0.29, 0.717) is 6.04 Å². The van der Waals surface area contributed by atoms with E-state index in [2.05, 4.69) is 58.3 Å². The molecule has 0 aromatic heterocycles. The van der Waals surface area contributed by atoms with Gasteiger partial charge >= 0.3 is 0 Å². The van der Waals surface area contributed by atoms with Crippen LogP contribution in [-0.4, -0.2) is 31.1 Å². The maximum atomic E-state index is 3.49. The van der Waals surface area contributed by atoms with E-state index in [0.717, 1.165) is 24.1 Å². The van der Waals surface area contributed by atoms with Gasteiger partial charge < -0.3 is 5.32 Å². The van der Waals surface area contributed by atoms with Crippen molar-refractivity contribution in [2.75, 3.05) is 20.1 Å². The summed E-state index contributed by atoms with van der Waals surface area (Å²) in [6.45, 7) is 5.48. The zero-order chi connectivity index (χ0) is 10.8. The average Bonchev–Trinajstić information content (AvgIpc) is 2.07. The second kappa shape index (κ2) is 6.01. The summed E-state index contributed by atoms with van der Waals surface area (Å²) in [6.07, 6.45) is 0. The summed E-state index contributed by atoms with van der Waals surface area (Å²) >= 11 is 3.49. The Morgan fingerprint density at radius 1 is 1.44 bits per heavy atom. The lowest BCUT2D eigenvalue weighted by Crippen LogP contribution is -2.55. The summed E-state index contributed by atoms with van der Waals surface area (Å²) in [7, 11) is 2.20. The maximum Gasteiger partial charge on any atom is 0.0345 e. The molecule has 1 saturated heterocycles. The fourth-order valence-electron chi connectivity index (χ4n) is 1.82. The highest BCUT2D eigenvalue weighted by atomic mass is 79.9. The lowest BCUT2D eigenvalue weighted by atomic mass is 10.1. The highest BCUT2D eigenvalue weighted by Gasteiger charge is 2.21. The van der Waals surface area contributed by atoms with Crippen LogP contribution in [0.3, 0.4) is 0 Å². The smallest absolute Gasteiger partial charge is 0.0345 e. The number of benzene rings is 1. The number of rotatable bonds is 3. The number of hydrogen-bond donors (Lipinski definition) is 1. The molecule has 0 radical (unpaired) electrons. The molecule has 1 aromatic carbocycles. The SMILES string of the molecule is Cc1cc(Br)ccc1CN(C)C1CNC1.Cl. The van der Waals surface area contributed by atoms with Crippen molar-refractivity contribution in [3.8, 4) is 0 Å². The summed E-state index contributed by atoms with van der Waals surface area (Å²) in [6, 6.07) is 7.23. The Morgan fingerprint density at radius 2 is 2.12 bits per heavy atom. The van der Waals surface area contributed by atoms with Gasteiger partial charge in [0.25, 0.3) is 0 Å². The fraction of sp³-hybridized carbons (Fsp3) is 0.500. The van der Waals surface area contributed by atoms with E-state index in [1.807, 2.05) is 0 Å². The second-order valence-electron chi connectivity index (χ2n) is 4.30. The van der Waals surface area contributed by atoms with E-state index in [-0.39, 0.29) is 12.4 Å². The number of nitrogens with one attached hydrogen (secondary N) is 1. The highest BCUT2D eigenvalue weighted by molar-refractivity contribution is 9.10. The minimum absolute atomic E-state index is 0. The Morgan fingerprint density at radius 3 is 2.62 bits per heavy atom. The summed E-state index contributed by atoms with van der Waals surface area (Å²) in [4.78, 5) is 2.42. The predicted octanol–water partition coefficient (Wildman–Crippen LogP) is 2.58. The van der Waals surface area contributed by atoms with Gasteiger partial charge in [0.15, 0.2) is 0 Å². The molecule has 16 heavy (non-hydrogen) atoms. The minimum atomic E-state index is 0. The van der Waals surface area contributed by atoms with E-state index in [9.17, 15) is 0 Å². The van der Waals surface area contributed by atoms with Gasteiger partial charge in [-0.2, -0.15) is 0 Å². The number of halogens is 2. The first-order valence-electron chi connectivity index (χ1n) is 5.33. The van der Waals surface area contributed by atoms with Crippen molar-refractivity contribution in [2.24, 2.45) is 0 Å². The first-order chi connectivity index (χ1) is 7.16. The third-order valence-electron chi connectivity index (χ3n) is 3.11. The van der Waals surface area contributed by atoms with Gasteiger partial charge in [0.05, 0.1) is 0 Å². The van der Waals surface area contributed by atoms with Crippen LogP contribution in [0.2, 0.25) is 0 Å². The molecule has 1 aromatic rings. The van der Waals surface area contributed by atoms with Crippen LogP contribution in [0, 0.1) is 6.92 Å². The summed E-state index contributed by atoms with van der Waals surface area (Å²) in [5.41, 5.74) is 2.79. The molecule has 1 aliphatic rings. The number of nitrogens with zero attached hydrogens (tertiary/aromatic N) is 1. The molecule has 0 spiro atoms. The Balaban J connectivity index is 0.00000128. The van der Waals surface area contributed by atoms with Crippen LogP contribution in [-0.2, 0) is 6.54 Å². The topological polar surface area (TPSA) is 15.3 Å². The molecule has 0 amide bonds. The highest BCUT2D eigenvalue weighted by Crippen LogP contribution is 2.18. The lowest BCUT2D eigenvalue weighted by molar-refractivity contribution is 0.173. The van der Waals surface area contributed by atoms with Gasteiger partial charge in [0.1, 0.15) is 0 Å². The van der Waals surface area contributed by atoms with Gasteiger partial charge in [-0.1, -0.05) is 22.0 Å². The Kier molecular flexibility index (Phi) is 5.25. The van der Waals surface area contributed by atoms with E-state index >= 15 is 0 Å². The van der Waals surface area contributed by atoms with Crippen molar-refractivity contribution in [1.29, 1.82) is 0 Å². The predicted molar refractivity (Wildman–Crippen MR) is 74.3 cm³/mol. The average molecular weight is 306 g/mol. The molecule has 2 nitrogen and oxygen atoms in total. The second-order valence-corrected chi connectivity index (χ2v) is 5.21. The Labute approximate surface area is 112 Å². The van der Waals surface area contributed by atoms with Crippen LogP contribution in [0.5, 0.6) is 0 Å². The van der Waals surface area contributed by atoms with Crippen molar-refractivity contribution >= 4 is 28.3 Å². The molecule has 1 N–H and O–H groups in total. The quantitative estimate of drug-likeness (QED) is 0.923. The third kappa shape index (κ3) is 3.20. The van der Waals surface area contributed by atoms with Crippen LogP contribution >= 0.6 is 28.3 Å². The number of aryl methyl sites for hydroxylation is 1. The molecule has 0 bridgehead atoms. The van der Waals surface area contributed by atoms with Crippen molar-refractivity contribution in [2.45, 2.75) is 19.5 Å². The van der Waals surface area contributed by atoms with Crippen LogP contribution < -0.4 is 5.32 Å². The molecule has 0 saturated carbocycles. The molecule has 2 rings (SSSR count). The molecular weight excluding hydrogens is 288 g/mol. The zero-order valence-corrected chi connectivity index (χ0v) is 12.1. The van der Waals surface area contributed by atoms with Crippen LogP contribution in [0.1, 0.15) is 11.1 Å². The van der Waals surface area contributed by atoms with Gasteiger partial charge in [-0.25, -0.2) is 0 Å². The first-order valence-corrected chi connectivity index (χ1v) is 6.12. The summed E-state index contributed by atoms with van der Waals surface area (Å²) in [5.74, 6) is 0. The van der Waals surface area contributed by atoms with Gasteiger partial charge in [-0.05, 0) is 37.2 Å². The molecule has 1 aliphatic heterocycles. The number of likely N-dealkylation sites (N-methyl/N-ethyl adjacent to an activating group) is 1. The number of hydrogen-bond acceptors (Lipinski definition) is 2. The van der Waals surface area contributed by atoms with E-state index in [1.165, 1.54) is 11.1 Å². The summed E-state index contributed by atoms with van der Waals surface area (Å²) < 4.78 is 1.16. The van der Waals surface area contributed by atoms with Crippen molar-refractivity contribution < 1.29 is 0 Å². The Bertz CT molecular complexity index is 353. The van der Waals surface area contributed by atoms with E-state index in [4.69, 9.17) is 0 Å². The largest absolute Gasteiger partial charge is 0.314 e. The van der Waals surface area contributed by atoms with Crippen molar-refractivity contribution in [3.05, 3.63) is 33.8 Å². The monoisotopic (exact) mass is 304 g/mol. The van der Waals surface area contributed by atoms with Crippen molar-refractivity contribution in [3.63, 3.8) is 0 Å². The zero-order valence-electron chi connectivity index (χ0n) is 9.66. The molecule has 90 valence electrons. The van der Waals surface area contributed by atoms with E-state index in [1.54, 1.807) is 0 Å². The normalized spacial score (nSPS) is 15.8. The van der Waals surface area contributed by atoms with Crippen molar-refractivity contribution in [1.82, 2.24) is 10.2 Å². The molecule has 0 unspecified atom stereocenters. The molecular formula is C12H18BrClN2. The van der Waals surface area contributed by atoms with Gasteiger partial charge in [0.2, 0.25) is 0 Å². The van der Waals surface area contributed by atoms with Crippen LogP contribution in [0.4, 0.5) is 0 Å². The minimum Gasteiger partial charge on any atom is -0.314 e.